The van der Waals surface area contributed by atoms with Gasteiger partial charge in [0.2, 0.25) is 0 Å². The van der Waals surface area contributed by atoms with Crippen LogP contribution in [0, 0.1) is 0 Å². The Balaban J connectivity index is 1.54. The van der Waals surface area contributed by atoms with Crippen LogP contribution in [0.2, 0.25) is 0 Å². The molecule has 22 heavy (non-hydrogen) atoms. The fourth-order valence-corrected chi connectivity index (χ4v) is 3.59. The van der Waals surface area contributed by atoms with Crippen molar-refractivity contribution in [3.05, 3.63) is 24.3 Å². The van der Waals surface area contributed by atoms with E-state index in [1.54, 1.807) is 0 Å². The fourth-order valence-electron chi connectivity index (χ4n) is 3.59. The summed E-state index contributed by atoms with van der Waals surface area (Å²) in [4.78, 5) is 0. The molecule has 0 saturated carbocycles. The number of unbranched alkanes of at least 4 members (excludes halogenated alkanes) is 9. The lowest BCUT2D eigenvalue weighted by Crippen LogP contribution is -2.45. The number of anilines is 1. The lowest BCUT2D eigenvalue weighted by Gasteiger charge is -2.28. The van der Waals surface area contributed by atoms with E-state index in [1.165, 1.54) is 82.1 Å². The summed E-state index contributed by atoms with van der Waals surface area (Å²) in [6, 6.07) is 8.78. The van der Waals surface area contributed by atoms with E-state index in [-0.39, 0.29) is 0 Å². The Kier molecular flexibility index (Phi) is 7.24. The van der Waals surface area contributed by atoms with Gasteiger partial charge in [0.05, 0.1) is 13.6 Å². The maximum absolute atomic E-state index is 3.55. The molecular weight excluding hydrogens is 268 g/mol. The Bertz CT molecular complexity index is 429. The molecule has 1 aliphatic rings. The van der Waals surface area contributed by atoms with Gasteiger partial charge in [-0.25, -0.2) is 0 Å². The Hall–Kier alpha value is -1.02. The third kappa shape index (κ3) is 5.01. The molecule has 0 saturated heterocycles. The standard InChI is InChI=1S/C20H35N2/c1-3-4-5-6-7-8-9-10-11-14-17-22(2)18-21-19-15-12-13-16-20(19)22/h12-13,15-16,21H,3-11,14,17-18H2,1-2H3/q+1. The van der Waals surface area contributed by atoms with E-state index in [0.29, 0.717) is 0 Å². The van der Waals surface area contributed by atoms with E-state index in [2.05, 4.69) is 43.6 Å². The van der Waals surface area contributed by atoms with Crippen molar-refractivity contribution in [2.45, 2.75) is 71.1 Å². The molecule has 0 amide bonds. The maximum Gasteiger partial charge on any atom is 0.157 e. The van der Waals surface area contributed by atoms with Crippen LogP contribution >= 0.6 is 0 Å². The topological polar surface area (TPSA) is 12.0 Å². The minimum atomic E-state index is 1.05. The molecule has 0 radical (unpaired) electrons. The third-order valence-corrected chi connectivity index (χ3v) is 5.11. The van der Waals surface area contributed by atoms with Crippen LogP contribution in [0.25, 0.3) is 0 Å². The lowest BCUT2D eigenvalue weighted by atomic mass is 10.1. The SMILES string of the molecule is CCCCCCCCCCCC[N+]1(C)CNc2ccccc21. The van der Waals surface area contributed by atoms with Gasteiger partial charge in [0.15, 0.2) is 12.4 Å². The summed E-state index contributed by atoms with van der Waals surface area (Å²) >= 11 is 0. The molecule has 2 heteroatoms. The van der Waals surface area contributed by atoms with Gasteiger partial charge in [-0.1, -0.05) is 70.4 Å². The Morgan fingerprint density at radius 3 is 2.14 bits per heavy atom. The summed E-state index contributed by atoms with van der Waals surface area (Å²) in [6.45, 7) is 4.61. The minimum Gasteiger partial charge on any atom is -0.334 e. The van der Waals surface area contributed by atoms with E-state index in [9.17, 15) is 0 Å². The summed E-state index contributed by atoms with van der Waals surface area (Å²) < 4.78 is 1.06. The first-order valence-electron chi connectivity index (χ1n) is 9.44. The van der Waals surface area contributed by atoms with E-state index < -0.39 is 0 Å². The van der Waals surface area contributed by atoms with Crippen LogP contribution in [0.5, 0.6) is 0 Å². The number of quaternary nitrogens is 1. The molecule has 0 bridgehead atoms. The summed E-state index contributed by atoms with van der Waals surface area (Å²) in [6.07, 6.45) is 14.2. The summed E-state index contributed by atoms with van der Waals surface area (Å²) in [5.74, 6) is 0. The molecular formula is C20H35N2+. The largest absolute Gasteiger partial charge is 0.334 e. The molecule has 0 spiro atoms. The van der Waals surface area contributed by atoms with Crippen LogP contribution in [0.1, 0.15) is 71.1 Å². The molecule has 124 valence electrons. The molecule has 1 aromatic carbocycles. The molecule has 1 atom stereocenters. The van der Waals surface area contributed by atoms with Crippen LogP contribution < -0.4 is 9.80 Å². The van der Waals surface area contributed by atoms with Crippen LogP contribution in [-0.4, -0.2) is 20.3 Å². The van der Waals surface area contributed by atoms with E-state index in [1.807, 2.05) is 0 Å². The maximum atomic E-state index is 3.55. The minimum absolute atomic E-state index is 1.05. The first-order chi connectivity index (χ1) is 10.8. The van der Waals surface area contributed by atoms with Crippen molar-refractivity contribution < 1.29 is 0 Å². The zero-order chi connectivity index (χ0) is 15.7. The highest BCUT2D eigenvalue weighted by Crippen LogP contribution is 2.35. The normalized spacial score (nSPS) is 19.9. The molecule has 2 rings (SSSR count). The van der Waals surface area contributed by atoms with Crippen molar-refractivity contribution in [3.63, 3.8) is 0 Å². The number of fused-ring (bicyclic) bond motifs is 1. The van der Waals surface area contributed by atoms with E-state index >= 15 is 0 Å². The fraction of sp³-hybridized carbons (Fsp3) is 0.700. The molecule has 0 fully saturated rings. The van der Waals surface area contributed by atoms with Gasteiger partial charge in [-0.05, 0) is 18.9 Å². The summed E-state index contributed by atoms with van der Waals surface area (Å²) in [7, 11) is 2.37. The number of nitrogens with zero attached hydrogens (tertiary/aromatic N) is 1. The van der Waals surface area contributed by atoms with Crippen molar-refractivity contribution >= 4 is 11.4 Å². The van der Waals surface area contributed by atoms with E-state index in [0.717, 1.165) is 11.2 Å². The van der Waals surface area contributed by atoms with Crippen LogP contribution in [0.15, 0.2) is 24.3 Å². The lowest BCUT2D eigenvalue weighted by molar-refractivity contribution is 0.354. The Labute approximate surface area is 137 Å². The van der Waals surface area contributed by atoms with Gasteiger partial charge in [-0.3, -0.25) is 4.48 Å². The van der Waals surface area contributed by atoms with Crippen molar-refractivity contribution in [1.29, 1.82) is 0 Å². The zero-order valence-corrected chi connectivity index (χ0v) is 14.7. The first kappa shape index (κ1) is 17.3. The molecule has 2 nitrogen and oxygen atoms in total. The average molecular weight is 304 g/mol. The molecule has 1 heterocycles. The highest BCUT2D eigenvalue weighted by Gasteiger charge is 2.32. The van der Waals surface area contributed by atoms with Crippen molar-refractivity contribution in [3.8, 4) is 0 Å². The average Bonchev–Trinajstić information content (AvgIpc) is 2.87. The van der Waals surface area contributed by atoms with Gasteiger partial charge in [0, 0.05) is 6.07 Å². The molecule has 0 aromatic heterocycles. The van der Waals surface area contributed by atoms with Crippen LogP contribution in [0.3, 0.4) is 0 Å². The summed E-state index contributed by atoms with van der Waals surface area (Å²) in [5.41, 5.74) is 2.80. The molecule has 1 N–H and O–H groups in total. The van der Waals surface area contributed by atoms with Gasteiger partial charge in [-0.15, -0.1) is 0 Å². The number of hydrogen-bond acceptors (Lipinski definition) is 1. The zero-order valence-electron chi connectivity index (χ0n) is 14.7. The van der Waals surface area contributed by atoms with Crippen LogP contribution in [0.4, 0.5) is 11.4 Å². The van der Waals surface area contributed by atoms with Gasteiger partial charge < -0.3 is 5.32 Å². The van der Waals surface area contributed by atoms with Gasteiger partial charge in [0.25, 0.3) is 0 Å². The second-order valence-electron chi connectivity index (χ2n) is 7.15. The highest BCUT2D eigenvalue weighted by atomic mass is 15.4. The predicted molar refractivity (Wildman–Crippen MR) is 99.4 cm³/mol. The number of hydrogen-bond donors (Lipinski definition) is 1. The number of nitrogens with one attached hydrogen (secondary N) is 1. The second-order valence-corrected chi connectivity index (χ2v) is 7.15. The monoisotopic (exact) mass is 303 g/mol. The molecule has 1 aliphatic heterocycles. The highest BCUT2D eigenvalue weighted by molar-refractivity contribution is 5.71. The van der Waals surface area contributed by atoms with Crippen molar-refractivity contribution in [2.75, 3.05) is 25.6 Å². The quantitative estimate of drug-likeness (QED) is 0.395. The molecule has 1 unspecified atom stereocenters. The number of rotatable bonds is 11. The second kappa shape index (κ2) is 9.19. The van der Waals surface area contributed by atoms with Crippen LogP contribution in [-0.2, 0) is 0 Å². The number of benzene rings is 1. The number of para-hydroxylation sites is 2. The summed E-state index contributed by atoms with van der Waals surface area (Å²) in [5, 5.41) is 3.55. The van der Waals surface area contributed by atoms with E-state index in [4.69, 9.17) is 0 Å². The third-order valence-electron chi connectivity index (χ3n) is 5.11. The smallest absolute Gasteiger partial charge is 0.157 e. The van der Waals surface area contributed by atoms with Crippen molar-refractivity contribution in [2.24, 2.45) is 0 Å². The van der Waals surface area contributed by atoms with Gasteiger partial charge in [0.1, 0.15) is 5.69 Å². The Morgan fingerprint density at radius 2 is 1.45 bits per heavy atom. The predicted octanol–water partition coefficient (Wildman–Crippen LogP) is 5.93. The molecule has 1 aromatic rings. The molecule has 0 aliphatic carbocycles. The van der Waals surface area contributed by atoms with Gasteiger partial charge in [-0.2, -0.15) is 0 Å². The first-order valence-corrected chi connectivity index (χ1v) is 9.44. The van der Waals surface area contributed by atoms with Gasteiger partial charge >= 0.3 is 0 Å². The Morgan fingerprint density at radius 1 is 0.864 bits per heavy atom. The van der Waals surface area contributed by atoms with Crippen molar-refractivity contribution in [1.82, 2.24) is 4.48 Å².